The van der Waals surface area contributed by atoms with Crippen LogP contribution < -0.4 is 10.6 Å². The van der Waals surface area contributed by atoms with E-state index in [1.807, 2.05) is 18.2 Å². The molecule has 1 unspecified atom stereocenters. The van der Waals surface area contributed by atoms with E-state index in [-0.39, 0.29) is 0 Å². The predicted molar refractivity (Wildman–Crippen MR) is 109 cm³/mol. The summed E-state index contributed by atoms with van der Waals surface area (Å²) in [5.41, 5.74) is 6.76. The van der Waals surface area contributed by atoms with Gasteiger partial charge in [0.15, 0.2) is 0 Å². The first-order chi connectivity index (χ1) is 14.3. The number of nitriles is 1. The quantitative estimate of drug-likeness (QED) is 0.761. The maximum absolute atomic E-state index is 13.1. The predicted octanol–water partition coefficient (Wildman–Crippen LogP) is 3.54. The lowest BCUT2D eigenvalue weighted by Crippen LogP contribution is -2.47. The Hall–Kier alpha value is -2.27. The number of alkyl halides is 3. The minimum absolute atomic E-state index is 0.411. The molecule has 1 amide bonds. The average Bonchev–Trinajstić information content (AvgIpc) is 2.72. The first-order valence-electron chi connectivity index (χ1n) is 10.6. The van der Waals surface area contributed by atoms with Gasteiger partial charge in [0, 0.05) is 31.9 Å². The van der Waals surface area contributed by atoms with Crippen LogP contribution in [0.1, 0.15) is 37.7 Å². The van der Waals surface area contributed by atoms with Gasteiger partial charge in [-0.2, -0.15) is 18.4 Å². The summed E-state index contributed by atoms with van der Waals surface area (Å²) in [6, 6.07) is 9.81. The Morgan fingerprint density at radius 3 is 2.40 bits per heavy atom. The third kappa shape index (κ3) is 5.66. The van der Waals surface area contributed by atoms with Crippen molar-refractivity contribution in [1.29, 1.82) is 5.26 Å². The highest BCUT2D eigenvalue weighted by Crippen LogP contribution is 2.41. The molecule has 1 atom stereocenters. The van der Waals surface area contributed by atoms with Crippen molar-refractivity contribution in [2.24, 2.45) is 23.5 Å². The summed E-state index contributed by atoms with van der Waals surface area (Å²) in [5, 5.41) is 9.05. The molecule has 2 fully saturated rings. The summed E-state index contributed by atoms with van der Waals surface area (Å²) in [6.07, 6.45) is -1.28. The Kier molecular flexibility index (Phi) is 7.24. The molecule has 5 nitrogen and oxygen atoms in total. The third-order valence-electron chi connectivity index (χ3n) is 6.59. The topological polar surface area (TPSA) is 73.4 Å². The third-order valence-corrected chi connectivity index (χ3v) is 6.59. The number of nitrogens with zero attached hydrogens (tertiary/aromatic N) is 3. The minimum atomic E-state index is -4.55. The van der Waals surface area contributed by atoms with E-state index < -0.39 is 23.9 Å². The van der Waals surface area contributed by atoms with Crippen LogP contribution >= 0.6 is 0 Å². The summed E-state index contributed by atoms with van der Waals surface area (Å²) in [7, 11) is 0. The second-order valence-corrected chi connectivity index (χ2v) is 8.48. The van der Waals surface area contributed by atoms with Crippen LogP contribution in [0.2, 0.25) is 0 Å². The molecule has 2 N–H and O–H groups in total. The molecule has 1 aromatic rings. The first-order valence-corrected chi connectivity index (χ1v) is 10.6. The number of primary amides is 1. The molecule has 30 heavy (non-hydrogen) atoms. The molecule has 8 heteroatoms. The number of hydrogen-bond donors (Lipinski definition) is 1. The Morgan fingerprint density at radius 2 is 1.83 bits per heavy atom. The molecule has 1 saturated carbocycles. The fourth-order valence-electron chi connectivity index (χ4n) is 4.84. The van der Waals surface area contributed by atoms with Gasteiger partial charge in [-0.15, -0.1) is 0 Å². The normalized spacial score (nSPS) is 24.3. The van der Waals surface area contributed by atoms with E-state index in [1.165, 1.54) is 0 Å². The number of halogens is 3. The van der Waals surface area contributed by atoms with Gasteiger partial charge in [0.25, 0.3) is 0 Å². The van der Waals surface area contributed by atoms with E-state index in [0.29, 0.717) is 24.3 Å². The van der Waals surface area contributed by atoms with Gasteiger partial charge in [-0.1, -0.05) is 18.9 Å². The van der Waals surface area contributed by atoms with Crippen LogP contribution in [0.5, 0.6) is 0 Å². The van der Waals surface area contributed by atoms with E-state index in [9.17, 15) is 18.0 Å². The maximum atomic E-state index is 13.1. The highest BCUT2D eigenvalue weighted by atomic mass is 19.4. The summed E-state index contributed by atoms with van der Waals surface area (Å²) in [5.74, 6) is -3.52. The van der Waals surface area contributed by atoms with Crippen LogP contribution in [-0.4, -0.2) is 49.7 Å². The van der Waals surface area contributed by atoms with Gasteiger partial charge in [-0.3, -0.25) is 9.69 Å². The van der Waals surface area contributed by atoms with Crippen molar-refractivity contribution in [3.05, 3.63) is 29.8 Å². The first kappa shape index (κ1) is 22.4. The maximum Gasteiger partial charge on any atom is 0.400 e. The Bertz CT molecular complexity index is 760. The molecule has 1 saturated heterocycles. The van der Waals surface area contributed by atoms with E-state index >= 15 is 0 Å². The number of nitrogens with two attached hydrogens (primary N) is 1. The van der Waals surface area contributed by atoms with Crippen LogP contribution in [0, 0.1) is 29.1 Å². The number of carbonyl (C=O) groups is 1. The standard InChI is InChI=1S/C22H29F3N4O/c23-22(24,25)20(21(27)30)18-6-4-16(5-7-18)8-9-28-10-12-29(13-11-28)19-3-1-2-17(14-19)15-26/h1-3,14,16,18,20H,4-13H2,(H2,27,30). The molecular formula is C22H29F3N4O. The minimum Gasteiger partial charge on any atom is -0.369 e. The number of carbonyl (C=O) groups excluding carboxylic acids is 1. The van der Waals surface area contributed by atoms with Crippen LogP contribution in [0.25, 0.3) is 0 Å². The van der Waals surface area contributed by atoms with Gasteiger partial charge in [-0.25, -0.2) is 0 Å². The molecule has 0 bridgehead atoms. The Labute approximate surface area is 175 Å². The van der Waals surface area contributed by atoms with Gasteiger partial charge in [-0.05, 0) is 55.8 Å². The summed E-state index contributed by atoms with van der Waals surface area (Å²) in [4.78, 5) is 16.0. The fourth-order valence-corrected chi connectivity index (χ4v) is 4.84. The molecule has 0 aromatic heterocycles. The highest BCUT2D eigenvalue weighted by Gasteiger charge is 2.49. The van der Waals surface area contributed by atoms with Gasteiger partial charge < -0.3 is 10.6 Å². The van der Waals surface area contributed by atoms with E-state index in [0.717, 1.165) is 57.7 Å². The van der Waals surface area contributed by atoms with Gasteiger partial charge in [0.05, 0.1) is 11.6 Å². The fraction of sp³-hybridized carbons (Fsp3) is 0.636. The lowest BCUT2D eigenvalue weighted by atomic mass is 9.74. The number of piperazine rings is 1. The number of benzene rings is 1. The van der Waals surface area contributed by atoms with E-state index in [1.54, 1.807) is 6.07 Å². The summed E-state index contributed by atoms with van der Waals surface area (Å²) >= 11 is 0. The molecule has 0 spiro atoms. The zero-order valence-electron chi connectivity index (χ0n) is 17.1. The molecule has 1 aromatic carbocycles. The van der Waals surface area contributed by atoms with Crippen LogP contribution in [0.3, 0.4) is 0 Å². The largest absolute Gasteiger partial charge is 0.400 e. The summed E-state index contributed by atoms with van der Waals surface area (Å²) < 4.78 is 39.3. The zero-order valence-corrected chi connectivity index (χ0v) is 17.1. The molecule has 3 rings (SSSR count). The van der Waals surface area contributed by atoms with Gasteiger partial charge >= 0.3 is 6.18 Å². The van der Waals surface area contributed by atoms with Crippen molar-refractivity contribution >= 4 is 11.6 Å². The molecule has 1 heterocycles. The van der Waals surface area contributed by atoms with Crippen LogP contribution in [0.4, 0.5) is 18.9 Å². The molecule has 1 aliphatic carbocycles. The summed E-state index contributed by atoms with van der Waals surface area (Å²) in [6.45, 7) is 4.61. The second-order valence-electron chi connectivity index (χ2n) is 8.48. The monoisotopic (exact) mass is 422 g/mol. The number of hydrogen-bond acceptors (Lipinski definition) is 4. The Balaban J connectivity index is 1.41. The van der Waals surface area contributed by atoms with Gasteiger partial charge in [0.2, 0.25) is 5.91 Å². The van der Waals surface area contributed by atoms with Crippen molar-refractivity contribution in [2.45, 2.75) is 38.3 Å². The Morgan fingerprint density at radius 1 is 1.17 bits per heavy atom. The van der Waals surface area contributed by atoms with Crippen molar-refractivity contribution < 1.29 is 18.0 Å². The number of rotatable bonds is 6. The zero-order chi connectivity index (χ0) is 21.7. The molecule has 0 radical (unpaired) electrons. The highest BCUT2D eigenvalue weighted by molar-refractivity contribution is 5.77. The van der Waals surface area contributed by atoms with E-state index in [2.05, 4.69) is 15.9 Å². The van der Waals surface area contributed by atoms with Crippen molar-refractivity contribution in [2.75, 3.05) is 37.6 Å². The number of amides is 1. The SMILES string of the molecule is N#Cc1cccc(N2CCN(CCC3CCC(C(C(N)=O)C(F)(F)F)CC3)CC2)c1. The lowest BCUT2D eigenvalue weighted by molar-refractivity contribution is -0.194. The van der Waals surface area contributed by atoms with Crippen LogP contribution in [0.15, 0.2) is 24.3 Å². The lowest BCUT2D eigenvalue weighted by Gasteiger charge is -2.38. The van der Waals surface area contributed by atoms with Gasteiger partial charge in [0.1, 0.15) is 5.92 Å². The van der Waals surface area contributed by atoms with Crippen molar-refractivity contribution in [3.63, 3.8) is 0 Å². The second kappa shape index (κ2) is 9.69. The van der Waals surface area contributed by atoms with E-state index in [4.69, 9.17) is 11.0 Å². The van der Waals surface area contributed by atoms with Crippen molar-refractivity contribution in [1.82, 2.24) is 4.90 Å². The molecule has 2 aliphatic rings. The number of anilines is 1. The smallest absolute Gasteiger partial charge is 0.369 e. The average molecular weight is 422 g/mol. The van der Waals surface area contributed by atoms with Crippen molar-refractivity contribution in [3.8, 4) is 6.07 Å². The molecule has 1 aliphatic heterocycles. The van der Waals surface area contributed by atoms with Crippen LogP contribution in [-0.2, 0) is 4.79 Å². The molecular weight excluding hydrogens is 393 g/mol. The molecule has 164 valence electrons.